The summed E-state index contributed by atoms with van der Waals surface area (Å²) in [5, 5.41) is 3.54. The third kappa shape index (κ3) is 4.38. The maximum Gasteiger partial charge on any atom is 0.0605 e. The number of hydrogen-bond acceptors (Lipinski definition) is 2. The molecule has 1 heterocycles. The highest BCUT2D eigenvalue weighted by Crippen LogP contribution is 2.33. The molecule has 1 aliphatic rings. The van der Waals surface area contributed by atoms with Gasteiger partial charge in [0.2, 0.25) is 0 Å². The van der Waals surface area contributed by atoms with E-state index >= 15 is 0 Å². The van der Waals surface area contributed by atoms with Crippen LogP contribution in [0.2, 0.25) is 0 Å². The van der Waals surface area contributed by atoms with Gasteiger partial charge in [0.25, 0.3) is 0 Å². The summed E-state index contributed by atoms with van der Waals surface area (Å²) in [6, 6.07) is 40.3. The fraction of sp³-hybridized carbons (Fsp3) is 0.200. The van der Waals surface area contributed by atoms with Crippen LogP contribution in [0.25, 0.3) is 22.3 Å². The zero-order valence-electron chi connectivity index (χ0n) is 18.6. The monoisotopic (exact) mass is 418 g/mol. The van der Waals surface area contributed by atoms with Crippen molar-refractivity contribution in [3.05, 3.63) is 120 Å². The molecule has 0 spiro atoms. The van der Waals surface area contributed by atoms with E-state index < -0.39 is 0 Å². The summed E-state index contributed by atoms with van der Waals surface area (Å²) in [5.41, 5.74) is 7.76. The number of piperazine rings is 1. The molecule has 0 aliphatic carbocycles. The van der Waals surface area contributed by atoms with Gasteiger partial charge in [0.1, 0.15) is 0 Å². The Labute approximate surface area is 191 Å². The molecule has 5 rings (SSSR count). The van der Waals surface area contributed by atoms with Crippen molar-refractivity contribution in [3.8, 4) is 22.3 Å². The average Bonchev–Trinajstić information content (AvgIpc) is 2.87. The molecule has 32 heavy (non-hydrogen) atoms. The van der Waals surface area contributed by atoms with Gasteiger partial charge in [0.05, 0.1) is 6.04 Å². The Morgan fingerprint density at radius 2 is 1.06 bits per heavy atom. The minimum atomic E-state index is 0.252. The molecule has 0 aromatic heterocycles. The Balaban J connectivity index is 1.50. The van der Waals surface area contributed by atoms with Gasteiger partial charge >= 0.3 is 0 Å². The third-order valence-electron chi connectivity index (χ3n) is 6.55. The first kappa shape index (κ1) is 20.7. The first-order chi connectivity index (χ1) is 15.8. The van der Waals surface area contributed by atoms with E-state index in [-0.39, 0.29) is 6.04 Å². The molecule has 1 N–H and O–H groups in total. The summed E-state index contributed by atoms with van der Waals surface area (Å²) >= 11 is 0. The standard InChI is InChI=1S/C30H30N2/c1-23-22-31-20-21-32(23)30(28-16-12-26(13-17-28)24-8-4-2-5-9-24)29-18-14-27(15-19-29)25-10-6-3-7-11-25/h2-19,23,30-31H,20-22H2,1H3. The van der Waals surface area contributed by atoms with Gasteiger partial charge < -0.3 is 5.32 Å². The molecule has 0 bridgehead atoms. The summed E-state index contributed by atoms with van der Waals surface area (Å²) in [6.45, 7) is 5.44. The van der Waals surface area contributed by atoms with Crippen molar-refractivity contribution in [2.75, 3.05) is 19.6 Å². The second-order valence-electron chi connectivity index (χ2n) is 8.67. The van der Waals surface area contributed by atoms with E-state index in [1.54, 1.807) is 0 Å². The lowest BCUT2D eigenvalue weighted by molar-refractivity contribution is 0.137. The molecular formula is C30H30N2. The highest BCUT2D eigenvalue weighted by atomic mass is 15.2. The van der Waals surface area contributed by atoms with Gasteiger partial charge in [0, 0.05) is 25.7 Å². The summed E-state index contributed by atoms with van der Waals surface area (Å²) in [4.78, 5) is 2.64. The molecule has 1 fully saturated rings. The Kier molecular flexibility index (Phi) is 6.15. The minimum Gasteiger partial charge on any atom is -0.314 e. The van der Waals surface area contributed by atoms with Crippen LogP contribution in [0.4, 0.5) is 0 Å². The summed E-state index contributed by atoms with van der Waals surface area (Å²) in [5.74, 6) is 0. The molecule has 4 aromatic carbocycles. The van der Waals surface area contributed by atoms with Gasteiger partial charge in [-0.1, -0.05) is 109 Å². The smallest absolute Gasteiger partial charge is 0.0605 e. The maximum atomic E-state index is 3.54. The van der Waals surface area contributed by atoms with Crippen LogP contribution in [0, 0.1) is 0 Å². The lowest BCUT2D eigenvalue weighted by Crippen LogP contribution is -2.51. The lowest BCUT2D eigenvalue weighted by Gasteiger charge is -2.40. The Bertz CT molecular complexity index is 1040. The van der Waals surface area contributed by atoms with Crippen LogP contribution >= 0.6 is 0 Å². The highest BCUT2D eigenvalue weighted by Gasteiger charge is 2.28. The van der Waals surface area contributed by atoms with Crippen LogP contribution in [0.3, 0.4) is 0 Å². The average molecular weight is 419 g/mol. The minimum absolute atomic E-state index is 0.252. The molecule has 0 radical (unpaired) electrons. The van der Waals surface area contributed by atoms with Crippen LogP contribution in [0.5, 0.6) is 0 Å². The predicted octanol–water partition coefficient (Wildman–Crippen LogP) is 6.40. The van der Waals surface area contributed by atoms with Gasteiger partial charge in [-0.3, -0.25) is 4.90 Å². The predicted molar refractivity (Wildman–Crippen MR) is 135 cm³/mol. The van der Waals surface area contributed by atoms with Crippen LogP contribution in [-0.4, -0.2) is 30.6 Å². The number of nitrogens with zero attached hydrogens (tertiary/aromatic N) is 1. The van der Waals surface area contributed by atoms with Crippen LogP contribution in [0.15, 0.2) is 109 Å². The molecule has 2 nitrogen and oxygen atoms in total. The molecule has 160 valence electrons. The molecule has 1 saturated heterocycles. The number of rotatable bonds is 5. The fourth-order valence-corrected chi connectivity index (χ4v) is 4.79. The fourth-order valence-electron chi connectivity index (χ4n) is 4.79. The van der Waals surface area contributed by atoms with Crippen molar-refractivity contribution in [2.45, 2.75) is 19.0 Å². The molecule has 0 amide bonds. The second kappa shape index (κ2) is 9.52. The van der Waals surface area contributed by atoms with Gasteiger partial charge in [-0.2, -0.15) is 0 Å². The van der Waals surface area contributed by atoms with Crippen LogP contribution in [0.1, 0.15) is 24.1 Å². The van der Waals surface area contributed by atoms with Crippen molar-refractivity contribution in [1.82, 2.24) is 10.2 Å². The summed E-state index contributed by atoms with van der Waals surface area (Å²) in [7, 11) is 0. The van der Waals surface area contributed by atoms with E-state index in [0.29, 0.717) is 6.04 Å². The Hall–Kier alpha value is -3.20. The van der Waals surface area contributed by atoms with E-state index in [9.17, 15) is 0 Å². The third-order valence-corrected chi connectivity index (χ3v) is 6.55. The summed E-state index contributed by atoms with van der Waals surface area (Å²) < 4.78 is 0. The number of benzene rings is 4. The zero-order valence-corrected chi connectivity index (χ0v) is 18.6. The Morgan fingerprint density at radius 3 is 1.50 bits per heavy atom. The van der Waals surface area contributed by atoms with Crippen LogP contribution in [-0.2, 0) is 0 Å². The number of nitrogens with one attached hydrogen (secondary N) is 1. The van der Waals surface area contributed by atoms with Crippen molar-refractivity contribution < 1.29 is 0 Å². The second-order valence-corrected chi connectivity index (χ2v) is 8.67. The van der Waals surface area contributed by atoms with Crippen molar-refractivity contribution in [2.24, 2.45) is 0 Å². The zero-order chi connectivity index (χ0) is 21.8. The van der Waals surface area contributed by atoms with Gasteiger partial charge in [-0.05, 0) is 40.3 Å². The normalized spacial score (nSPS) is 16.9. The van der Waals surface area contributed by atoms with E-state index in [1.165, 1.54) is 33.4 Å². The molecule has 1 unspecified atom stereocenters. The highest BCUT2D eigenvalue weighted by molar-refractivity contribution is 5.65. The maximum absolute atomic E-state index is 3.54. The van der Waals surface area contributed by atoms with E-state index in [2.05, 4.69) is 126 Å². The number of hydrogen-bond donors (Lipinski definition) is 1. The van der Waals surface area contributed by atoms with Gasteiger partial charge in [-0.25, -0.2) is 0 Å². The van der Waals surface area contributed by atoms with Gasteiger partial charge in [-0.15, -0.1) is 0 Å². The summed E-state index contributed by atoms with van der Waals surface area (Å²) in [6.07, 6.45) is 0. The molecule has 1 atom stereocenters. The largest absolute Gasteiger partial charge is 0.314 e. The molecule has 4 aromatic rings. The van der Waals surface area contributed by atoms with Crippen molar-refractivity contribution in [1.29, 1.82) is 0 Å². The van der Waals surface area contributed by atoms with Crippen LogP contribution < -0.4 is 5.32 Å². The van der Waals surface area contributed by atoms with Gasteiger partial charge in [0.15, 0.2) is 0 Å². The van der Waals surface area contributed by atoms with Crippen molar-refractivity contribution >= 4 is 0 Å². The quantitative estimate of drug-likeness (QED) is 0.403. The first-order valence-electron chi connectivity index (χ1n) is 11.6. The van der Waals surface area contributed by atoms with Crippen molar-refractivity contribution in [3.63, 3.8) is 0 Å². The van der Waals surface area contributed by atoms with E-state index in [1.807, 2.05) is 0 Å². The first-order valence-corrected chi connectivity index (χ1v) is 11.6. The lowest BCUT2D eigenvalue weighted by atomic mass is 9.92. The van der Waals surface area contributed by atoms with E-state index in [4.69, 9.17) is 0 Å². The molecule has 2 heteroatoms. The molecule has 0 saturated carbocycles. The SMILES string of the molecule is CC1CNCCN1C(c1ccc(-c2ccccc2)cc1)c1ccc(-c2ccccc2)cc1. The van der Waals surface area contributed by atoms with E-state index in [0.717, 1.165) is 19.6 Å². The Morgan fingerprint density at radius 1 is 0.625 bits per heavy atom. The molecular weight excluding hydrogens is 388 g/mol. The topological polar surface area (TPSA) is 15.3 Å². The molecule has 1 aliphatic heterocycles.